The molecule has 0 fully saturated rings. The minimum atomic E-state index is -0.169. The van der Waals surface area contributed by atoms with Gasteiger partial charge in [0.25, 0.3) is 0 Å². The second-order valence-corrected chi connectivity index (χ2v) is 4.55. The zero-order chi connectivity index (χ0) is 12.8. The van der Waals surface area contributed by atoms with Crippen LogP contribution in [0.4, 0.5) is 10.1 Å². The van der Waals surface area contributed by atoms with Crippen LogP contribution in [0.2, 0.25) is 0 Å². The Balaban J connectivity index is 2.70. The van der Waals surface area contributed by atoms with E-state index in [0.717, 1.165) is 25.1 Å². The molecule has 0 aliphatic heterocycles. The number of nitrogens with two attached hydrogens (primary N) is 1. The lowest BCUT2D eigenvalue weighted by Gasteiger charge is -2.22. The summed E-state index contributed by atoms with van der Waals surface area (Å²) in [7, 11) is 5.92. The number of hydrogen-bond acceptors (Lipinski definition) is 3. The van der Waals surface area contributed by atoms with Crippen LogP contribution < -0.4 is 10.6 Å². The monoisotopic (exact) mass is 239 g/mol. The molecule has 0 heterocycles. The van der Waals surface area contributed by atoms with Crippen molar-refractivity contribution in [1.82, 2.24) is 4.90 Å². The van der Waals surface area contributed by atoms with Gasteiger partial charge in [-0.2, -0.15) is 0 Å². The van der Waals surface area contributed by atoms with Gasteiger partial charge in [-0.15, -0.1) is 0 Å². The smallest absolute Gasteiger partial charge is 0.146 e. The molecule has 0 saturated heterocycles. The lowest BCUT2D eigenvalue weighted by atomic mass is 10.1. The van der Waals surface area contributed by atoms with Crippen LogP contribution in [0.25, 0.3) is 0 Å². The molecule has 0 aliphatic carbocycles. The average Bonchev–Trinajstić information content (AvgIpc) is 2.26. The number of rotatable bonds is 6. The molecule has 0 aliphatic rings. The van der Waals surface area contributed by atoms with Crippen molar-refractivity contribution in [2.45, 2.75) is 6.42 Å². The number of likely N-dealkylation sites (N-methyl/N-ethyl adjacent to an activating group) is 2. The van der Waals surface area contributed by atoms with Gasteiger partial charge in [-0.25, -0.2) is 4.39 Å². The molecule has 0 atom stereocenters. The Labute approximate surface area is 103 Å². The summed E-state index contributed by atoms with van der Waals surface area (Å²) in [5.74, 6) is -0.169. The second-order valence-electron chi connectivity index (χ2n) is 4.55. The van der Waals surface area contributed by atoms with E-state index >= 15 is 0 Å². The lowest BCUT2D eigenvalue weighted by Crippen LogP contribution is -2.29. The summed E-state index contributed by atoms with van der Waals surface area (Å²) in [5.41, 5.74) is 7.05. The topological polar surface area (TPSA) is 32.5 Å². The van der Waals surface area contributed by atoms with Crippen LogP contribution in [-0.4, -0.2) is 45.7 Å². The second kappa shape index (κ2) is 6.57. The molecule has 0 aromatic heterocycles. The van der Waals surface area contributed by atoms with Gasteiger partial charge < -0.3 is 15.5 Å². The van der Waals surface area contributed by atoms with Gasteiger partial charge in [-0.05, 0) is 44.8 Å². The lowest BCUT2D eigenvalue weighted by molar-refractivity contribution is 0.416. The molecule has 4 heteroatoms. The van der Waals surface area contributed by atoms with Gasteiger partial charge in [-0.1, -0.05) is 6.07 Å². The van der Waals surface area contributed by atoms with Gasteiger partial charge in [0.05, 0.1) is 5.69 Å². The Morgan fingerprint density at radius 2 is 1.88 bits per heavy atom. The molecular formula is C13H22FN3. The first-order valence-corrected chi connectivity index (χ1v) is 5.89. The Bertz CT molecular complexity index is 353. The van der Waals surface area contributed by atoms with Crippen molar-refractivity contribution in [3.8, 4) is 0 Å². The number of hydrogen-bond donors (Lipinski definition) is 1. The van der Waals surface area contributed by atoms with Crippen molar-refractivity contribution in [3.05, 3.63) is 29.6 Å². The minimum absolute atomic E-state index is 0.169. The molecule has 0 radical (unpaired) electrons. The molecule has 0 amide bonds. The molecule has 3 nitrogen and oxygen atoms in total. The first-order chi connectivity index (χ1) is 8.04. The predicted molar refractivity (Wildman–Crippen MR) is 71.0 cm³/mol. The van der Waals surface area contributed by atoms with Crippen molar-refractivity contribution in [1.29, 1.82) is 0 Å². The summed E-state index contributed by atoms with van der Waals surface area (Å²) in [6.07, 6.45) is 0.721. The fourth-order valence-corrected chi connectivity index (χ4v) is 1.65. The summed E-state index contributed by atoms with van der Waals surface area (Å²) < 4.78 is 13.9. The molecule has 0 unspecified atom stereocenters. The van der Waals surface area contributed by atoms with E-state index in [1.807, 2.05) is 38.2 Å². The van der Waals surface area contributed by atoms with Crippen molar-refractivity contribution in [2.75, 3.05) is 45.7 Å². The SMILES string of the molecule is CN(C)CCN(C)c1ccc(CCN)cc1F. The van der Waals surface area contributed by atoms with E-state index in [2.05, 4.69) is 4.90 Å². The van der Waals surface area contributed by atoms with Gasteiger partial charge in [0, 0.05) is 20.1 Å². The summed E-state index contributed by atoms with van der Waals surface area (Å²) in [6, 6.07) is 5.35. The van der Waals surface area contributed by atoms with E-state index in [0.29, 0.717) is 12.2 Å². The van der Waals surface area contributed by atoms with Gasteiger partial charge in [0.2, 0.25) is 0 Å². The third kappa shape index (κ3) is 4.32. The molecule has 0 bridgehead atoms. The van der Waals surface area contributed by atoms with E-state index in [9.17, 15) is 4.39 Å². The molecule has 1 rings (SSSR count). The maximum absolute atomic E-state index is 13.9. The normalized spacial score (nSPS) is 10.9. The number of nitrogens with zero attached hydrogens (tertiary/aromatic N) is 2. The molecule has 2 N–H and O–H groups in total. The molecular weight excluding hydrogens is 217 g/mol. The molecule has 96 valence electrons. The zero-order valence-corrected chi connectivity index (χ0v) is 10.9. The van der Waals surface area contributed by atoms with E-state index in [-0.39, 0.29) is 5.82 Å². The van der Waals surface area contributed by atoms with Crippen LogP contribution in [0.1, 0.15) is 5.56 Å². The summed E-state index contributed by atoms with van der Waals surface area (Å²) >= 11 is 0. The average molecular weight is 239 g/mol. The molecule has 0 saturated carbocycles. The molecule has 1 aromatic carbocycles. The van der Waals surface area contributed by atoms with Crippen LogP contribution in [0.15, 0.2) is 18.2 Å². The van der Waals surface area contributed by atoms with Gasteiger partial charge >= 0.3 is 0 Å². The zero-order valence-electron chi connectivity index (χ0n) is 10.9. The summed E-state index contributed by atoms with van der Waals surface area (Å²) in [5, 5.41) is 0. The standard InChI is InChI=1S/C13H22FN3/c1-16(2)8-9-17(3)13-5-4-11(6-7-15)10-12(13)14/h4-5,10H,6-9,15H2,1-3H3. The predicted octanol–water partition coefficient (Wildman–Crippen LogP) is 1.32. The Morgan fingerprint density at radius 3 is 2.41 bits per heavy atom. The Hall–Kier alpha value is -1.13. The number of anilines is 1. The minimum Gasteiger partial charge on any atom is -0.371 e. The van der Waals surface area contributed by atoms with Crippen LogP contribution in [-0.2, 0) is 6.42 Å². The third-order valence-electron chi connectivity index (χ3n) is 2.74. The summed E-state index contributed by atoms with van der Waals surface area (Å²) in [6.45, 7) is 2.26. The van der Waals surface area contributed by atoms with Crippen molar-refractivity contribution in [3.63, 3.8) is 0 Å². The Morgan fingerprint density at radius 1 is 1.18 bits per heavy atom. The van der Waals surface area contributed by atoms with Gasteiger partial charge in [0.15, 0.2) is 0 Å². The van der Waals surface area contributed by atoms with E-state index in [1.54, 1.807) is 6.07 Å². The first kappa shape index (κ1) is 13.9. The van der Waals surface area contributed by atoms with Gasteiger partial charge in [0.1, 0.15) is 5.82 Å². The fraction of sp³-hybridized carbons (Fsp3) is 0.538. The van der Waals surface area contributed by atoms with Gasteiger partial charge in [-0.3, -0.25) is 0 Å². The van der Waals surface area contributed by atoms with E-state index in [4.69, 9.17) is 5.73 Å². The number of halogens is 1. The maximum atomic E-state index is 13.9. The third-order valence-corrected chi connectivity index (χ3v) is 2.74. The Kier molecular flexibility index (Phi) is 5.38. The molecule has 0 spiro atoms. The maximum Gasteiger partial charge on any atom is 0.146 e. The molecule has 1 aromatic rings. The van der Waals surface area contributed by atoms with Crippen molar-refractivity contribution >= 4 is 5.69 Å². The molecule has 17 heavy (non-hydrogen) atoms. The van der Waals surface area contributed by atoms with Crippen LogP contribution >= 0.6 is 0 Å². The number of benzene rings is 1. The van der Waals surface area contributed by atoms with Crippen LogP contribution in [0.5, 0.6) is 0 Å². The van der Waals surface area contributed by atoms with E-state index in [1.165, 1.54) is 0 Å². The first-order valence-electron chi connectivity index (χ1n) is 5.89. The van der Waals surface area contributed by atoms with Crippen molar-refractivity contribution < 1.29 is 4.39 Å². The van der Waals surface area contributed by atoms with E-state index < -0.39 is 0 Å². The van der Waals surface area contributed by atoms with Crippen molar-refractivity contribution in [2.24, 2.45) is 5.73 Å². The highest BCUT2D eigenvalue weighted by molar-refractivity contribution is 5.48. The largest absolute Gasteiger partial charge is 0.371 e. The summed E-state index contributed by atoms with van der Waals surface area (Å²) in [4.78, 5) is 4.01. The highest BCUT2D eigenvalue weighted by Crippen LogP contribution is 2.19. The van der Waals surface area contributed by atoms with Crippen LogP contribution in [0, 0.1) is 5.82 Å². The fourth-order valence-electron chi connectivity index (χ4n) is 1.65. The van der Waals surface area contributed by atoms with Crippen LogP contribution in [0.3, 0.4) is 0 Å². The highest BCUT2D eigenvalue weighted by Gasteiger charge is 2.08. The highest BCUT2D eigenvalue weighted by atomic mass is 19.1. The quantitative estimate of drug-likeness (QED) is 0.813.